The van der Waals surface area contributed by atoms with Crippen LogP contribution in [0.4, 0.5) is 11.5 Å². The minimum Gasteiger partial charge on any atom is -0.388 e. The molecule has 3 N–H and O–H groups in total. The topological polar surface area (TPSA) is 76.7 Å². The summed E-state index contributed by atoms with van der Waals surface area (Å²) in [5.74, 6) is 0.619. The van der Waals surface area contributed by atoms with Gasteiger partial charge in [-0.1, -0.05) is 12.2 Å². The van der Waals surface area contributed by atoms with Crippen LogP contribution in [0.15, 0.2) is 36.9 Å². The molecule has 6 heteroatoms. The number of thiocarbonyl (C=S) groups is 1. The number of hydrogen-bond donors (Lipinski definition) is 2. The van der Waals surface area contributed by atoms with Crippen molar-refractivity contribution in [2.75, 3.05) is 5.32 Å². The average Bonchev–Trinajstić information content (AvgIpc) is 2.31. The summed E-state index contributed by atoms with van der Waals surface area (Å²) in [5, 5.41) is 3.05. The molecule has 0 unspecified atom stereocenters. The Bertz CT molecular complexity index is 482. The van der Waals surface area contributed by atoms with Gasteiger partial charge in [-0.15, -0.1) is 0 Å². The molecular formula is C10H9N5S. The first kappa shape index (κ1) is 10.4. The number of nitrogens with one attached hydrogen (secondary N) is 1. The zero-order valence-electron chi connectivity index (χ0n) is 8.29. The lowest BCUT2D eigenvalue weighted by atomic mass is 10.4. The van der Waals surface area contributed by atoms with Crippen LogP contribution in [0.1, 0.15) is 5.69 Å². The van der Waals surface area contributed by atoms with Gasteiger partial charge in [0.1, 0.15) is 16.5 Å². The summed E-state index contributed by atoms with van der Waals surface area (Å²) in [5.41, 5.74) is 6.77. The number of rotatable bonds is 3. The van der Waals surface area contributed by atoms with E-state index >= 15 is 0 Å². The van der Waals surface area contributed by atoms with Crippen LogP contribution in [0.5, 0.6) is 0 Å². The molecular weight excluding hydrogens is 222 g/mol. The fraction of sp³-hybridized carbons (Fsp3) is 0. The number of hydrogen-bond acceptors (Lipinski definition) is 5. The molecule has 0 spiro atoms. The molecule has 0 amide bonds. The van der Waals surface area contributed by atoms with Crippen molar-refractivity contribution >= 4 is 28.7 Å². The Kier molecular flexibility index (Phi) is 3.02. The molecule has 80 valence electrons. The molecule has 16 heavy (non-hydrogen) atoms. The van der Waals surface area contributed by atoms with E-state index in [0.29, 0.717) is 11.5 Å². The van der Waals surface area contributed by atoms with Crippen LogP contribution in [0.2, 0.25) is 0 Å². The van der Waals surface area contributed by atoms with Gasteiger partial charge >= 0.3 is 0 Å². The summed E-state index contributed by atoms with van der Waals surface area (Å²) < 4.78 is 0. The lowest BCUT2D eigenvalue weighted by Crippen LogP contribution is -2.12. The summed E-state index contributed by atoms with van der Waals surface area (Å²) in [6.45, 7) is 0. The largest absolute Gasteiger partial charge is 0.388 e. The molecule has 2 aromatic heterocycles. The maximum atomic E-state index is 5.41. The van der Waals surface area contributed by atoms with Crippen LogP contribution in [-0.4, -0.2) is 19.9 Å². The minimum absolute atomic E-state index is 0.237. The van der Waals surface area contributed by atoms with Crippen LogP contribution in [0.3, 0.4) is 0 Å². The second-order valence-electron chi connectivity index (χ2n) is 3.02. The van der Waals surface area contributed by atoms with Crippen LogP contribution in [-0.2, 0) is 0 Å². The molecule has 2 heterocycles. The lowest BCUT2D eigenvalue weighted by molar-refractivity contribution is 1.17. The Balaban J connectivity index is 2.14. The predicted molar refractivity (Wildman–Crippen MR) is 65.4 cm³/mol. The van der Waals surface area contributed by atoms with Gasteiger partial charge < -0.3 is 11.1 Å². The van der Waals surface area contributed by atoms with Crippen molar-refractivity contribution in [2.45, 2.75) is 0 Å². The zero-order chi connectivity index (χ0) is 11.4. The number of nitrogens with two attached hydrogens (primary N) is 1. The average molecular weight is 231 g/mol. The standard InChI is InChI=1S/C10H9N5S/c11-10(16)8-5-14-9(6-13-8)15-7-2-1-3-12-4-7/h1-6H,(H2,11,16)(H,14,15). The fourth-order valence-electron chi connectivity index (χ4n) is 1.10. The molecule has 0 bridgehead atoms. The van der Waals surface area contributed by atoms with Crippen LogP contribution in [0, 0.1) is 0 Å². The van der Waals surface area contributed by atoms with E-state index in [4.69, 9.17) is 18.0 Å². The number of nitrogens with zero attached hydrogens (tertiary/aromatic N) is 3. The first-order valence-corrected chi connectivity index (χ1v) is 4.95. The van der Waals surface area contributed by atoms with Gasteiger partial charge in [0.2, 0.25) is 0 Å². The molecule has 0 saturated heterocycles. The molecule has 0 atom stereocenters. The molecule has 0 aliphatic rings. The summed E-state index contributed by atoms with van der Waals surface area (Å²) >= 11 is 4.78. The van der Waals surface area contributed by atoms with Crippen LogP contribution < -0.4 is 11.1 Å². The van der Waals surface area contributed by atoms with Crippen molar-refractivity contribution in [3.63, 3.8) is 0 Å². The van der Waals surface area contributed by atoms with E-state index in [1.165, 1.54) is 6.20 Å². The second-order valence-corrected chi connectivity index (χ2v) is 3.46. The van der Waals surface area contributed by atoms with E-state index in [1.807, 2.05) is 12.1 Å². The van der Waals surface area contributed by atoms with Crippen molar-refractivity contribution < 1.29 is 0 Å². The van der Waals surface area contributed by atoms with E-state index < -0.39 is 0 Å². The second kappa shape index (κ2) is 4.63. The maximum absolute atomic E-state index is 5.41. The third kappa shape index (κ3) is 2.48. The number of pyridine rings is 1. The Morgan fingerprint density at radius 1 is 1.25 bits per heavy atom. The van der Waals surface area contributed by atoms with Gasteiger partial charge in [-0.25, -0.2) is 9.97 Å². The highest BCUT2D eigenvalue weighted by molar-refractivity contribution is 7.80. The Labute approximate surface area is 97.8 Å². The van der Waals surface area contributed by atoms with Crippen molar-refractivity contribution in [3.05, 3.63) is 42.6 Å². The van der Waals surface area contributed by atoms with E-state index in [9.17, 15) is 0 Å². The molecule has 2 aromatic rings. The molecule has 0 aliphatic heterocycles. The van der Waals surface area contributed by atoms with Crippen LogP contribution >= 0.6 is 12.2 Å². The first-order valence-electron chi connectivity index (χ1n) is 4.54. The quantitative estimate of drug-likeness (QED) is 0.774. The summed E-state index contributed by atoms with van der Waals surface area (Å²) in [6, 6.07) is 3.72. The normalized spacial score (nSPS) is 9.75. The fourth-order valence-corrected chi connectivity index (χ4v) is 1.21. The van der Waals surface area contributed by atoms with Crippen molar-refractivity contribution in [1.82, 2.24) is 15.0 Å². The van der Waals surface area contributed by atoms with Gasteiger partial charge in [-0.3, -0.25) is 4.98 Å². The van der Waals surface area contributed by atoms with Crippen molar-refractivity contribution in [2.24, 2.45) is 5.73 Å². The summed E-state index contributed by atoms with van der Waals surface area (Å²) in [6.07, 6.45) is 6.50. The van der Waals surface area contributed by atoms with E-state index in [0.717, 1.165) is 5.69 Å². The third-order valence-corrected chi connectivity index (χ3v) is 2.05. The highest BCUT2D eigenvalue weighted by Crippen LogP contribution is 2.10. The van der Waals surface area contributed by atoms with Gasteiger partial charge in [0, 0.05) is 6.20 Å². The van der Waals surface area contributed by atoms with Crippen molar-refractivity contribution in [3.8, 4) is 0 Å². The molecule has 0 saturated carbocycles. The van der Waals surface area contributed by atoms with E-state index in [1.54, 1.807) is 18.6 Å². The predicted octanol–water partition coefficient (Wildman–Crippen LogP) is 1.25. The minimum atomic E-state index is 0.237. The highest BCUT2D eigenvalue weighted by Gasteiger charge is 1.99. The van der Waals surface area contributed by atoms with Gasteiger partial charge in [0.05, 0.1) is 24.3 Å². The van der Waals surface area contributed by atoms with Crippen LogP contribution in [0.25, 0.3) is 0 Å². The maximum Gasteiger partial charge on any atom is 0.148 e. The van der Waals surface area contributed by atoms with Gasteiger partial charge in [0.25, 0.3) is 0 Å². The smallest absolute Gasteiger partial charge is 0.148 e. The Morgan fingerprint density at radius 3 is 2.69 bits per heavy atom. The molecule has 0 radical (unpaired) electrons. The highest BCUT2D eigenvalue weighted by atomic mass is 32.1. The van der Waals surface area contributed by atoms with Gasteiger partial charge in [-0.05, 0) is 12.1 Å². The summed E-state index contributed by atoms with van der Waals surface area (Å²) in [7, 11) is 0. The monoisotopic (exact) mass is 231 g/mol. The molecule has 2 rings (SSSR count). The van der Waals surface area contributed by atoms with Gasteiger partial charge in [0.15, 0.2) is 0 Å². The Hall–Kier alpha value is -2.08. The Morgan fingerprint density at radius 2 is 2.12 bits per heavy atom. The molecule has 5 nitrogen and oxygen atoms in total. The first-order chi connectivity index (χ1) is 7.75. The third-order valence-electron chi connectivity index (χ3n) is 1.84. The lowest BCUT2D eigenvalue weighted by Gasteiger charge is -2.04. The SMILES string of the molecule is NC(=S)c1cnc(Nc2cccnc2)cn1. The molecule has 0 aliphatic carbocycles. The number of aromatic nitrogens is 3. The summed E-state index contributed by atoms with van der Waals surface area (Å²) in [4.78, 5) is 12.4. The van der Waals surface area contributed by atoms with E-state index in [-0.39, 0.29) is 4.99 Å². The molecule has 0 fully saturated rings. The van der Waals surface area contributed by atoms with Gasteiger partial charge in [-0.2, -0.15) is 0 Å². The van der Waals surface area contributed by atoms with Crippen molar-refractivity contribution in [1.29, 1.82) is 0 Å². The van der Waals surface area contributed by atoms with E-state index in [2.05, 4.69) is 20.3 Å². The molecule has 0 aromatic carbocycles. The zero-order valence-corrected chi connectivity index (χ0v) is 9.11. The number of anilines is 2.